The Morgan fingerprint density at radius 1 is 0.812 bits per heavy atom. The summed E-state index contributed by atoms with van der Waals surface area (Å²) in [6, 6.07) is 19.5. The van der Waals surface area contributed by atoms with Gasteiger partial charge in [0.1, 0.15) is 0 Å². The fraction of sp³-hybridized carbons (Fsp3) is 0.286. The molecule has 0 atom stereocenters. The summed E-state index contributed by atoms with van der Waals surface area (Å²) in [6.07, 6.45) is 11.5. The molecular formula is C28H30N4. The summed E-state index contributed by atoms with van der Waals surface area (Å²) in [5.74, 6) is 0.803. The first kappa shape index (κ1) is 20.7. The molecule has 32 heavy (non-hydrogen) atoms. The third-order valence-corrected chi connectivity index (χ3v) is 6.58. The lowest BCUT2D eigenvalue weighted by atomic mass is 9.86. The third kappa shape index (κ3) is 4.37. The van der Waals surface area contributed by atoms with Crippen LogP contribution in [0.2, 0.25) is 0 Å². The fourth-order valence-electron chi connectivity index (χ4n) is 4.86. The maximum atomic E-state index is 4.34. The minimum absolute atomic E-state index is 0.803. The molecule has 0 unspecified atom stereocenters. The van der Waals surface area contributed by atoms with Crippen LogP contribution in [-0.4, -0.2) is 48.1 Å². The number of rotatable bonds is 5. The van der Waals surface area contributed by atoms with Crippen LogP contribution in [0.1, 0.15) is 41.5 Å². The lowest BCUT2D eigenvalue weighted by molar-refractivity contribution is 0.255. The van der Waals surface area contributed by atoms with Crippen LogP contribution < -0.4 is 4.90 Å². The third-order valence-electron chi connectivity index (χ3n) is 6.58. The largest absolute Gasteiger partial charge is 0.344 e. The van der Waals surface area contributed by atoms with Crippen LogP contribution in [0.15, 0.2) is 72.6 Å². The Kier molecular flexibility index (Phi) is 6.13. The molecule has 0 bridgehead atoms. The summed E-state index contributed by atoms with van der Waals surface area (Å²) < 4.78 is 0. The van der Waals surface area contributed by atoms with Crippen LogP contribution in [0.3, 0.4) is 0 Å². The van der Waals surface area contributed by atoms with Gasteiger partial charge in [-0.15, -0.1) is 0 Å². The Morgan fingerprint density at radius 3 is 2.03 bits per heavy atom. The molecule has 0 radical (unpaired) electrons. The lowest BCUT2D eigenvalue weighted by Gasteiger charge is -2.31. The van der Waals surface area contributed by atoms with E-state index in [2.05, 4.69) is 87.5 Å². The summed E-state index contributed by atoms with van der Waals surface area (Å²) in [6.45, 7) is 4.35. The molecule has 0 saturated carbocycles. The van der Waals surface area contributed by atoms with Gasteiger partial charge in [0, 0.05) is 39.1 Å². The number of likely N-dealkylation sites (tertiary alicyclic amines) is 1. The topological polar surface area (TPSA) is 32.3 Å². The molecule has 2 aliphatic rings. The molecule has 1 saturated heterocycles. The van der Waals surface area contributed by atoms with Gasteiger partial charge < -0.3 is 9.80 Å². The van der Waals surface area contributed by atoms with E-state index in [0.29, 0.717) is 0 Å². The standard InChI is InChI=1S/C28H30N4/c1-31(28-29-16-6-17-30-28)18-7-19-32-20-14-24(15-21-32)27-25-10-4-2-8-22(25)12-13-23-9-3-5-11-26(23)27/h2-6,8-13,16-17H,7,14-15,18-21H2,1H3. The molecule has 1 aliphatic heterocycles. The summed E-state index contributed by atoms with van der Waals surface area (Å²) in [5, 5.41) is 0. The van der Waals surface area contributed by atoms with Gasteiger partial charge in [-0.05, 0) is 59.7 Å². The van der Waals surface area contributed by atoms with Crippen molar-refractivity contribution in [2.24, 2.45) is 0 Å². The van der Waals surface area contributed by atoms with E-state index in [9.17, 15) is 0 Å². The average molecular weight is 423 g/mol. The summed E-state index contributed by atoms with van der Waals surface area (Å²) >= 11 is 0. The Bertz CT molecular complexity index is 1070. The van der Waals surface area contributed by atoms with Crippen molar-refractivity contribution >= 4 is 23.7 Å². The van der Waals surface area contributed by atoms with E-state index in [1.807, 2.05) is 6.07 Å². The molecule has 2 heterocycles. The number of anilines is 1. The van der Waals surface area contributed by atoms with Crippen molar-refractivity contribution in [3.63, 3.8) is 0 Å². The van der Waals surface area contributed by atoms with Crippen molar-refractivity contribution in [2.75, 3.05) is 38.1 Å². The molecule has 1 aromatic heterocycles. The predicted octanol–water partition coefficient (Wildman–Crippen LogP) is 5.38. The van der Waals surface area contributed by atoms with Gasteiger partial charge >= 0.3 is 0 Å². The van der Waals surface area contributed by atoms with E-state index >= 15 is 0 Å². The Balaban J connectivity index is 1.28. The molecule has 2 aromatic carbocycles. The number of piperidine rings is 1. The van der Waals surface area contributed by atoms with Crippen molar-refractivity contribution in [3.8, 4) is 0 Å². The molecule has 4 nitrogen and oxygen atoms in total. The van der Waals surface area contributed by atoms with Crippen LogP contribution in [0.4, 0.5) is 5.95 Å². The maximum absolute atomic E-state index is 4.34. The van der Waals surface area contributed by atoms with E-state index in [-0.39, 0.29) is 0 Å². The number of hydrogen-bond donors (Lipinski definition) is 0. The van der Waals surface area contributed by atoms with E-state index in [0.717, 1.165) is 51.4 Å². The zero-order valence-electron chi connectivity index (χ0n) is 18.7. The molecule has 5 rings (SSSR count). The van der Waals surface area contributed by atoms with Gasteiger partial charge in [-0.1, -0.05) is 66.3 Å². The van der Waals surface area contributed by atoms with Crippen molar-refractivity contribution in [1.82, 2.24) is 14.9 Å². The van der Waals surface area contributed by atoms with Gasteiger partial charge in [0.15, 0.2) is 0 Å². The number of fused-ring (bicyclic) bond motifs is 2. The molecular weight excluding hydrogens is 392 g/mol. The van der Waals surface area contributed by atoms with Crippen LogP contribution >= 0.6 is 0 Å². The second-order valence-electron chi connectivity index (χ2n) is 8.65. The number of benzene rings is 2. The van der Waals surface area contributed by atoms with Crippen LogP contribution in [-0.2, 0) is 0 Å². The monoisotopic (exact) mass is 422 g/mol. The van der Waals surface area contributed by atoms with Crippen molar-refractivity contribution in [2.45, 2.75) is 19.3 Å². The van der Waals surface area contributed by atoms with Crippen LogP contribution in [0.5, 0.6) is 0 Å². The van der Waals surface area contributed by atoms with E-state index in [1.165, 1.54) is 27.8 Å². The minimum Gasteiger partial charge on any atom is -0.344 e. The molecule has 0 N–H and O–H groups in total. The van der Waals surface area contributed by atoms with Crippen molar-refractivity contribution in [3.05, 3.63) is 94.8 Å². The van der Waals surface area contributed by atoms with E-state index in [1.54, 1.807) is 18.0 Å². The van der Waals surface area contributed by atoms with Crippen molar-refractivity contribution < 1.29 is 0 Å². The second-order valence-corrected chi connectivity index (χ2v) is 8.65. The van der Waals surface area contributed by atoms with E-state index in [4.69, 9.17) is 0 Å². The zero-order valence-corrected chi connectivity index (χ0v) is 18.7. The first-order valence-corrected chi connectivity index (χ1v) is 11.6. The summed E-state index contributed by atoms with van der Waals surface area (Å²) in [7, 11) is 2.07. The smallest absolute Gasteiger partial charge is 0.224 e. The second kappa shape index (κ2) is 9.49. The Labute approximate surface area is 190 Å². The molecule has 0 spiro atoms. The van der Waals surface area contributed by atoms with Crippen molar-refractivity contribution in [1.29, 1.82) is 0 Å². The van der Waals surface area contributed by atoms with Gasteiger partial charge in [-0.3, -0.25) is 0 Å². The fourth-order valence-corrected chi connectivity index (χ4v) is 4.86. The zero-order chi connectivity index (χ0) is 21.8. The summed E-state index contributed by atoms with van der Waals surface area (Å²) in [5.41, 5.74) is 8.45. The number of nitrogens with zero attached hydrogens (tertiary/aromatic N) is 4. The number of aromatic nitrogens is 2. The highest BCUT2D eigenvalue weighted by atomic mass is 15.2. The highest BCUT2D eigenvalue weighted by molar-refractivity contribution is 5.94. The molecule has 162 valence electrons. The van der Waals surface area contributed by atoms with Gasteiger partial charge in [0.05, 0.1) is 0 Å². The minimum atomic E-state index is 0.803. The number of hydrogen-bond acceptors (Lipinski definition) is 4. The molecule has 4 heteroatoms. The lowest BCUT2D eigenvalue weighted by Crippen LogP contribution is -2.34. The van der Waals surface area contributed by atoms with E-state index < -0.39 is 0 Å². The van der Waals surface area contributed by atoms with Gasteiger partial charge in [0.25, 0.3) is 0 Å². The first-order valence-electron chi connectivity index (χ1n) is 11.6. The summed E-state index contributed by atoms with van der Waals surface area (Å²) in [4.78, 5) is 13.4. The van der Waals surface area contributed by atoms with Crippen LogP contribution in [0.25, 0.3) is 17.7 Å². The van der Waals surface area contributed by atoms with Gasteiger partial charge in [-0.25, -0.2) is 9.97 Å². The Morgan fingerprint density at radius 2 is 1.41 bits per heavy atom. The molecule has 3 aromatic rings. The highest BCUT2D eigenvalue weighted by Crippen LogP contribution is 2.38. The SMILES string of the molecule is CN(CCCN1CCC(=C2c3ccccc3C=Cc3ccccc32)CC1)c1ncccn1. The molecule has 0 amide bonds. The maximum Gasteiger partial charge on any atom is 0.224 e. The average Bonchev–Trinajstić information content (AvgIpc) is 3.02. The normalized spacial score (nSPS) is 15.8. The van der Waals surface area contributed by atoms with Crippen LogP contribution in [0, 0.1) is 0 Å². The molecule has 1 aliphatic carbocycles. The quantitative estimate of drug-likeness (QED) is 0.432. The predicted molar refractivity (Wildman–Crippen MR) is 133 cm³/mol. The Hall–Kier alpha value is -3.24. The van der Waals surface area contributed by atoms with Gasteiger partial charge in [-0.2, -0.15) is 0 Å². The first-order chi connectivity index (χ1) is 15.8. The van der Waals surface area contributed by atoms with Gasteiger partial charge in [0.2, 0.25) is 5.95 Å². The molecule has 1 fully saturated rings. The highest BCUT2D eigenvalue weighted by Gasteiger charge is 2.22.